The third-order valence-electron chi connectivity index (χ3n) is 3.47. The minimum absolute atomic E-state index is 0.0912. The third kappa shape index (κ3) is 2.73. The Kier molecular flexibility index (Phi) is 3.37. The van der Waals surface area contributed by atoms with Crippen LogP contribution >= 0.6 is 11.3 Å². The molecule has 0 fully saturated rings. The van der Waals surface area contributed by atoms with Gasteiger partial charge in [0.2, 0.25) is 0 Å². The van der Waals surface area contributed by atoms with Crippen LogP contribution in [0.5, 0.6) is 0 Å². The van der Waals surface area contributed by atoms with Crippen molar-refractivity contribution in [1.82, 2.24) is 19.2 Å². The third-order valence-corrected chi connectivity index (χ3v) is 4.24. The van der Waals surface area contributed by atoms with Gasteiger partial charge in [-0.3, -0.25) is 9.08 Å². The van der Waals surface area contributed by atoms with Crippen LogP contribution in [0.15, 0.2) is 24.0 Å². The zero-order chi connectivity index (χ0) is 15.2. The second-order valence-electron chi connectivity index (χ2n) is 6.40. The van der Waals surface area contributed by atoms with Gasteiger partial charge in [-0.25, -0.2) is 4.98 Å². The number of rotatable bonds is 3. The molecule has 3 aromatic rings. The lowest BCUT2D eigenvalue weighted by atomic mass is 9.87. The van der Waals surface area contributed by atoms with Crippen LogP contribution in [-0.4, -0.2) is 24.3 Å². The average Bonchev–Trinajstić information content (AvgIpc) is 3.01. The van der Waals surface area contributed by atoms with Crippen LogP contribution < -0.4 is 0 Å². The minimum Gasteiger partial charge on any atom is -0.388 e. The molecule has 1 unspecified atom stereocenters. The van der Waals surface area contributed by atoms with E-state index in [0.717, 1.165) is 21.9 Å². The van der Waals surface area contributed by atoms with E-state index in [1.165, 1.54) is 0 Å². The molecule has 3 rings (SSSR count). The van der Waals surface area contributed by atoms with Crippen molar-refractivity contribution in [3.63, 3.8) is 0 Å². The number of nitrogens with zero attached hydrogens (tertiary/aromatic N) is 4. The van der Waals surface area contributed by atoms with Crippen molar-refractivity contribution >= 4 is 16.3 Å². The molecule has 3 heterocycles. The van der Waals surface area contributed by atoms with Gasteiger partial charge >= 0.3 is 0 Å². The van der Waals surface area contributed by atoms with Crippen LogP contribution in [-0.2, 0) is 18.9 Å². The second kappa shape index (κ2) is 4.96. The molecule has 0 saturated carbocycles. The fourth-order valence-corrected chi connectivity index (χ4v) is 3.24. The van der Waals surface area contributed by atoms with Crippen molar-refractivity contribution in [1.29, 1.82) is 0 Å². The number of aryl methyl sites for hydroxylation is 1. The highest BCUT2D eigenvalue weighted by atomic mass is 32.1. The van der Waals surface area contributed by atoms with Gasteiger partial charge in [0.15, 0.2) is 4.96 Å². The molecular formula is C15H20N4OS. The molecule has 21 heavy (non-hydrogen) atoms. The first-order valence-electron chi connectivity index (χ1n) is 6.98. The Morgan fingerprint density at radius 1 is 1.33 bits per heavy atom. The van der Waals surface area contributed by atoms with Crippen LogP contribution in [0.2, 0.25) is 0 Å². The van der Waals surface area contributed by atoms with E-state index >= 15 is 0 Å². The first-order valence-corrected chi connectivity index (χ1v) is 7.86. The van der Waals surface area contributed by atoms with Crippen molar-refractivity contribution in [2.45, 2.75) is 38.7 Å². The van der Waals surface area contributed by atoms with E-state index in [1.807, 2.05) is 35.4 Å². The van der Waals surface area contributed by atoms with E-state index in [2.05, 4.69) is 30.9 Å². The Bertz CT molecular complexity index is 734. The molecule has 0 spiro atoms. The SMILES string of the molecule is Cn1cc(C(O)Cc2cn3ccsc3n2)c(C(C)(C)C)n1. The first-order chi connectivity index (χ1) is 9.84. The summed E-state index contributed by atoms with van der Waals surface area (Å²) in [6, 6.07) is 0. The van der Waals surface area contributed by atoms with Crippen molar-refractivity contribution in [2.24, 2.45) is 7.05 Å². The van der Waals surface area contributed by atoms with Crippen molar-refractivity contribution in [3.05, 3.63) is 40.9 Å². The quantitative estimate of drug-likeness (QED) is 0.809. The van der Waals surface area contributed by atoms with Gasteiger partial charge < -0.3 is 5.11 Å². The lowest BCUT2D eigenvalue weighted by Gasteiger charge is -2.19. The number of aliphatic hydroxyl groups excluding tert-OH is 1. The van der Waals surface area contributed by atoms with Crippen LogP contribution in [0.1, 0.15) is 43.8 Å². The summed E-state index contributed by atoms with van der Waals surface area (Å²) in [6.07, 6.45) is 5.78. The number of fused-ring (bicyclic) bond motifs is 1. The maximum atomic E-state index is 10.6. The highest BCUT2D eigenvalue weighted by molar-refractivity contribution is 7.15. The standard InChI is InChI=1S/C15H20N4OS/c1-15(2,3)13-11(9-18(4)17-13)12(20)7-10-8-19-5-6-21-14(19)16-10/h5-6,8-9,12,20H,7H2,1-4H3. The predicted octanol–water partition coefficient (Wildman–Crippen LogP) is 2.70. The molecule has 0 radical (unpaired) electrons. The summed E-state index contributed by atoms with van der Waals surface area (Å²) in [7, 11) is 1.89. The Balaban J connectivity index is 1.88. The predicted molar refractivity (Wildman–Crippen MR) is 83.6 cm³/mol. The number of hydrogen-bond donors (Lipinski definition) is 1. The molecule has 6 heteroatoms. The molecule has 5 nitrogen and oxygen atoms in total. The Hall–Kier alpha value is -1.66. The summed E-state index contributed by atoms with van der Waals surface area (Å²) in [5, 5.41) is 17.1. The summed E-state index contributed by atoms with van der Waals surface area (Å²) >= 11 is 1.60. The van der Waals surface area contributed by atoms with Gasteiger partial charge in [-0.15, -0.1) is 11.3 Å². The van der Waals surface area contributed by atoms with Gasteiger partial charge in [0.25, 0.3) is 0 Å². The van der Waals surface area contributed by atoms with E-state index < -0.39 is 6.10 Å². The summed E-state index contributed by atoms with van der Waals surface area (Å²) in [6.45, 7) is 6.33. The average molecular weight is 304 g/mol. The second-order valence-corrected chi connectivity index (χ2v) is 7.27. The monoisotopic (exact) mass is 304 g/mol. The molecule has 0 aliphatic heterocycles. The maximum absolute atomic E-state index is 10.6. The molecule has 0 aromatic carbocycles. The van der Waals surface area contributed by atoms with Gasteiger partial charge in [0, 0.05) is 48.4 Å². The zero-order valence-corrected chi connectivity index (χ0v) is 13.6. The highest BCUT2D eigenvalue weighted by Gasteiger charge is 2.26. The number of aromatic nitrogens is 4. The van der Waals surface area contributed by atoms with E-state index in [9.17, 15) is 5.11 Å². The van der Waals surface area contributed by atoms with E-state index in [1.54, 1.807) is 16.0 Å². The minimum atomic E-state index is -0.586. The summed E-state index contributed by atoms with van der Waals surface area (Å²) in [4.78, 5) is 5.49. The Morgan fingerprint density at radius 2 is 2.10 bits per heavy atom. The van der Waals surface area contributed by atoms with Crippen LogP contribution in [0.4, 0.5) is 0 Å². The van der Waals surface area contributed by atoms with Crippen molar-refractivity contribution in [3.8, 4) is 0 Å². The van der Waals surface area contributed by atoms with Gasteiger partial charge in [-0.05, 0) is 0 Å². The van der Waals surface area contributed by atoms with Gasteiger partial charge in [0.1, 0.15) is 0 Å². The van der Waals surface area contributed by atoms with Crippen LogP contribution in [0.3, 0.4) is 0 Å². The largest absolute Gasteiger partial charge is 0.388 e. The van der Waals surface area contributed by atoms with Crippen LogP contribution in [0.25, 0.3) is 4.96 Å². The lowest BCUT2D eigenvalue weighted by Crippen LogP contribution is -2.17. The van der Waals surface area contributed by atoms with E-state index in [0.29, 0.717) is 6.42 Å². The van der Waals surface area contributed by atoms with Gasteiger partial charge in [-0.2, -0.15) is 5.10 Å². The van der Waals surface area contributed by atoms with E-state index in [4.69, 9.17) is 0 Å². The Morgan fingerprint density at radius 3 is 2.76 bits per heavy atom. The van der Waals surface area contributed by atoms with Crippen LogP contribution in [0, 0.1) is 0 Å². The molecule has 112 valence electrons. The van der Waals surface area contributed by atoms with E-state index in [-0.39, 0.29) is 5.41 Å². The highest BCUT2D eigenvalue weighted by Crippen LogP contribution is 2.30. The number of aliphatic hydroxyl groups is 1. The molecule has 0 aliphatic rings. The number of imidazole rings is 1. The summed E-state index contributed by atoms with van der Waals surface area (Å²) in [5.74, 6) is 0. The molecule has 0 bridgehead atoms. The molecule has 3 aromatic heterocycles. The summed E-state index contributed by atoms with van der Waals surface area (Å²) in [5.41, 5.74) is 2.64. The van der Waals surface area contributed by atoms with Gasteiger partial charge in [-0.1, -0.05) is 20.8 Å². The molecule has 0 aliphatic carbocycles. The van der Waals surface area contributed by atoms with Crippen molar-refractivity contribution < 1.29 is 5.11 Å². The fourth-order valence-electron chi connectivity index (χ4n) is 2.52. The lowest BCUT2D eigenvalue weighted by molar-refractivity contribution is 0.175. The molecule has 0 amide bonds. The maximum Gasteiger partial charge on any atom is 0.193 e. The Labute approximate surface area is 127 Å². The topological polar surface area (TPSA) is 55.4 Å². The molecular weight excluding hydrogens is 284 g/mol. The first kappa shape index (κ1) is 14.3. The molecule has 0 saturated heterocycles. The fraction of sp³-hybridized carbons (Fsp3) is 0.467. The normalized spacial score (nSPS) is 14.0. The molecule has 1 atom stereocenters. The molecule has 1 N–H and O–H groups in total. The zero-order valence-electron chi connectivity index (χ0n) is 12.7. The smallest absolute Gasteiger partial charge is 0.193 e. The number of hydrogen-bond acceptors (Lipinski definition) is 4. The van der Waals surface area contributed by atoms with Gasteiger partial charge in [0.05, 0.1) is 17.5 Å². The van der Waals surface area contributed by atoms with Crippen molar-refractivity contribution in [2.75, 3.05) is 0 Å². The summed E-state index contributed by atoms with van der Waals surface area (Å²) < 4.78 is 3.76. The number of thiazole rings is 1.